The van der Waals surface area contributed by atoms with Crippen LogP contribution in [0.15, 0.2) is 24.3 Å². The molecule has 2 N–H and O–H groups in total. The van der Waals surface area contributed by atoms with Gasteiger partial charge in [0.05, 0.1) is 13.2 Å². The summed E-state index contributed by atoms with van der Waals surface area (Å²) < 4.78 is 5.42. The summed E-state index contributed by atoms with van der Waals surface area (Å²) in [6, 6.07) is 8.68. The van der Waals surface area contributed by atoms with E-state index in [2.05, 4.69) is 40.7 Å². The maximum atomic E-state index is 12.2. The van der Waals surface area contributed by atoms with E-state index >= 15 is 0 Å². The average Bonchev–Trinajstić information content (AvgIpc) is 2.64. The van der Waals surface area contributed by atoms with Gasteiger partial charge in [0.15, 0.2) is 0 Å². The first-order chi connectivity index (χ1) is 12.2. The molecule has 2 amide bonds. The molecular formula is C20H31N3O2. The first-order valence-electron chi connectivity index (χ1n) is 9.62. The van der Waals surface area contributed by atoms with Crippen molar-refractivity contribution >= 4 is 6.03 Å². The Hall–Kier alpha value is -1.59. The molecule has 25 heavy (non-hydrogen) atoms. The molecule has 0 atom stereocenters. The zero-order valence-corrected chi connectivity index (χ0v) is 15.3. The molecule has 2 fully saturated rings. The van der Waals surface area contributed by atoms with Crippen molar-refractivity contribution in [3.8, 4) is 0 Å². The zero-order valence-electron chi connectivity index (χ0n) is 15.3. The van der Waals surface area contributed by atoms with Crippen molar-refractivity contribution in [2.45, 2.75) is 51.7 Å². The number of benzene rings is 1. The Kier molecular flexibility index (Phi) is 6.70. The van der Waals surface area contributed by atoms with Gasteiger partial charge in [0, 0.05) is 32.2 Å². The Labute approximate surface area is 151 Å². The molecule has 1 saturated heterocycles. The van der Waals surface area contributed by atoms with Gasteiger partial charge in [-0.15, -0.1) is 0 Å². The second kappa shape index (κ2) is 9.20. The van der Waals surface area contributed by atoms with Crippen molar-refractivity contribution in [1.29, 1.82) is 0 Å². The van der Waals surface area contributed by atoms with Crippen LogP contribution in [0.3, 0.4) is 0 Å². The molecule has 5 nitrogen and oxygen atoms in total. The lowest BCUT2D eigenvalue weighted by atomic mass is 9.87. The van der Waals surface area contributed by atoms with Gasteiger partial charge in [0.1, 0.15) is 0 Å². The summed E-state index contributed by atoms with van der Waals surface area (Å²) in [5.41, 5.74) is 2.48. The molecule has 5 heteroatoms. The highest BCUT2D eigenvalue weighted by molar-refractivity contribution is 5.74. The molecule has 1 saturated carbocycles. The lowest BCUT2D eigenvalue weighted by Gasteiger charge is -2.28. The summed E-state index contributed by atoms with van der Waals surface area (Å²) in [5, 5.41) is 6.18. The molecule has 0 aromatic heterocycles. The number of nitrogens with zero attached hydrogens (tertiary/aromatic N) is 1. The minimum Gasteiger partial charge on any atom is -0.379 e. The van der Waals surface area contributed by atoms with Gasteiger partial charge in [-0.05, 0) is 42.7 Å². The molecule has 0 bridgehead atoms. The van der Waals surface area contributed by atoms with E-state index in [1.54, 1.807) is 0 Å². The molecule has 0 radical (unpaired) electrons. The second-order valence-corrected chi connectivity index (χ2v) is 7.44. The van der Waals surface area contributed by atoms with E-state index in [1.165, 1.54) is 24.0 Å². The maximum absolute atomic E-state index is 12.2. The molecule has 3 rings (SSSR count). The number of ether oxygens (including phenoxy) is 1. The third kappa shape index (κ3) is 5.72. The fourth-order valence-corrected chi connectivity index (χ4v) is 3.70. The SMILES string of the molecule is CC1CCC(NC(=O)NCc2ccccc2CN2CCOCC2)CC1. The van der Waals surface area contributed by atoms with Gasteiger partial charge in [-0.1, -0.05) is 31.2 Å². The van der Waals surface area contributed by atoms with Crippen LogP contribution in [-0.2, 0) is 17.8 Å². The highest BCUT2D eigenvalue weighted by atomic mass is 16.5. The van der Waals surface area contributed by atoms with Gasteiger partial charge >= 0.3 is 6.03 Å². The Morgan fingerprint density at radius 1 is 1.12 bits per heavy atom. The van der Waals surface area contributed by atoms with E-state index in [0.29, 0.717) is 12.6 Å². The molecule has 1 heterocycles. The van der Waals surface area contributed by atoms with Crippen LogP contribution in [0.4, 0.5) is 4.79 Å². The number of carbonyl (C=O) groups excluding carboxylic acids is 1. The van der Waals surface area contributed by atoms with Gasteiger partial charge in [-0.25, -0.2) is 4.79 Å². The molecule has 2 aliphatic rings. The lowest BCUT2D eigenvalue weighted by Crippen LogP contribution is -2.43. The molecule has 1 aromatic carbocycles. The van der Waals surface area contributed by atoms with Crippen LogP contribution < -0.4 is 10.6 Å². The molecule has 0 spiro atoms. The standard InChI is InChI=1S/C20H31N3O2/c1-16-6-8-19(9-7-16)22-20(24)21-14-17-4-2-3-5-18(17)15-23-10-12-25-13-11-23/h2-5,16,19H,6-15H2,1H3,(H2,21,22,24). The third-order valence-corrected chi connectivity index (χ3v) is 5.41. The summed E-state index contributed by atoms with van der Waals surface area (Å²) in [6.07, 6.45) is 4.63. The van der Waals surface area contributed by atoms with E-state index in [4.69, 9.17) is 4.74 Å². The molecule has 0 unspecified atom stereocenters. The van der Waals surface area contributed by atoms with E-state index < -0.39 is 0 Å². The van der Waals surface area contributed by atoms with Crippen LogP contribution in [0.1, 0.15) is 43.7 Å². The number of urea groups is 1. The van der Waals surface area contributed by atoms with Crippen molar-refractivity contribution in [1.82, 2.24) is 15.5 Å². The summed E-state index contributed by atoms with van der Waals surface area (Å²) in [7, 11) is 0. The number of morpholine rings is 1. The van der Waals surface area contributed by atoms with Crippen LogP contribution in [-0.4, -0.2) is 43.3 Å². The van der Waals surface area contributed by atoms with E-state index in [0.717, 1.165) is 51.6 Å². The summed E-state index contributed by atoms with van der Waals surface area (Å²) in [6.45, 7) is 7.36. The summed E-state index contributed by atoms with van der Waals surface area (Å²) in [4.78, 5) is 14.6. The van der Waals surface area contributed by atoms with Crippen molar-refractivity contribution in [2.75, 3.05) is 26.3 Å². The van der Waals surface area contributed by atoms with Crippen LogP contribution in [0, 0.1) is 5.92 Å². The third-order valence-electron chi connectivity index (χ3n) is 5.41. The maximum Gasteiger partial charge on any atom is 0.315 e. The number of amides is 2. The minimum absolute atomic E-state index is 0.0410. The smallest absolute Gasteiger partial charge is 0.315 e. The predicted octanol–water partition coefficient (Wildman–Crippen LogP) is 2.90. The average molecular weight is 345 g/mol. The Morgan fingerprint density at radius 2 is 1.80 bits per heavy atom. The number of hydrogen-bond acceptors (Lipinski definition) is 3. The van der Waals surface area contributed by atoms with Gasteiger partial charge in [-0.3, -0.25) is 4.90 Å². The molecular weight excluding hydrogens is 314 g/mol. The molecule has 138 valence electrons. The van der Waals surface area contributed by atoms with Crippen molar-refractivity contribution < 1.29 is 9.53 Å². The summed E-state index contributed by atoms with van der Waals surface area (Å²) in [5.74, 6) is 0.799. The first kappa shape index (κ1) is 18.2. The van der Waals surface area contributed by atoms with E-state index in [-0.39, 0.29) is 6.03 Å². The number of rotatable bonds is 5. The Balaban J connectivity index is 1.48. The number of hydrogen-bond donors (Lipinski definition) is 2. The summed E-state index contributed by atoms with van der Waals surface area (Å²) >= 11 is 0. The van der Waals surface area contributed by atoms with Crippen molar-refractivity contribution in [3.63, 3.8) is 0 Å². The normalized spacial score (nSPS) is 24.7. The first-order valence-corrected chi connectivity index (χ1v) is 9.62. The Morgan fingerprint density at radius 3 is 2.52 bits per heavy atom. The fraction of sp³-hybridized carbons (Fsp3) is 0.650. The predicted molar refractivity (Wildman–Crippen MR) is 99.3 cm³/mol. The number of carbonyl (C=O) groups is 1. The zero-order chi connectivity index (χ0) is 17.5. The largest absolute Gasteiger partial charge is 0.379 e. The fourth-order valence-electron chi connectivity index (χ4n) is 3.70. The van der Waals surface area contributed by atoms with Gasteiger partial charge in [-0.2, -0.15) is 0 Å². The van der Waals surface area contributed by atoms with Crippen LogP contribution in [0.2, 0.25) is 0 Å². The second-order valence-electron chi connectivity index (χ2n) is 7.44. The topological polar surface area (TPSA) is 53.6 Å². The number of nitrogens with one attached hydrogen (secondary N) is 2. The van der Waals surface area contributed by atoms with Gasteiger partial charge in [0.25, 0.3) is 0 Å². The molecule has 1 aliphatic carbocycles. The molecule has 1 aliphatic heterocycles. The molecule has 1 aromatic rings. The van der Waals surface area contributed by atoms with Crippen molar-refractivity contribution in [3.05, 3.63) is 35.4 Å². The highest BCUT2D eigenvalue weighted by Gasteiger charge is 2.19. The Bertz CT molecular complexity index is 550. The van der Waals surface area contributed by atoms with Crippen LogP contribution in [0.5, 0.6) is 0 Å². The van der Waals surface area contributed by atoms with Crippen molar-refractivity contribution in [2.24, 2.45) is 5.92 Å². The van der Waals surface area contributed by atoms with E-state index in [9.17, 15) is 4.79 Å². The lowest BCUT2D eigenvalue weighted by molar-refractivity contribution is 0.0341. The van der Waals surface area contributed by atoms with Gasteiger partial charge in [0.2, 0.25) is 0 Å². The van der Waals surface area contributed by atoms with E-state index in [1.807, 2.05) is 6.07 Å². The minimum atomic E-state index is -0.0410. The highest BCUT2D eigenvalue weighted by Crippen LogP contribution is 2.23. The monoisotopic (exact) mass is 345 g/mol. The van der Waals surface area contributed by atoms with Gasteiger partial charge < -0.3 is 15.4 Å². The van der Waals surface area contributed by atoms with Crippen LogP contribution in [0.25, 0.3) is 0 Å². The van der Waals surface area contributed by atoms with Crippen LogP contribution >= 0.6 is 0 Å². The quantitative estimate of drug-likeness (QED) is 0.863.